The molecule has 1 N–H and O–H groups in total. The summed E-state index contributed by atoms with van der Waals surface area (Å²) in [6.45, 7) is 4.09. The molecule has 2 heteroatoms. The van der Waals surface area contributed by atoms with E-state index >= 15 is 0 Å². The van der Waals surface area contributed by atoms with Crippen molar-refractivity contribution in [1.82, 2.24) is 4.90 Å². The van der Waals surface area contributed by atoms with Crippen LogP contribution in [0.3, 0.4) is 0 Å². The fourth-order valence-corrected chi connectivity index (χ4v) is 1.82. The first-order valence-corrected chi connectivity index (χ1v) is 5.43. The lowest BCUT2D eigenvalue weighted by atomic mass is 9.93. The normalized spacial score (nSPS) is 15.7. The van der Waals surface area contributed by atoms with Crippen molar-refractivity contribution >= 4 is 0 Å². The van der Waals surface area contributed by atoms with Gasteiger partial charge < -0.3 is 10.0 Å². The third kappa shape index (κ3) is 3.05. The minimum absolute atomic E-state index is 0.0752. The monoisotopic (exact) mass is 207 g/mol. The molecule has 0 amide bonds. The third-order valence-corrected chi connectivity index (χ3v) is 2.70. The molecule has 84 valence electrons. The van der Waals surface area contributed by atoms with Crippen LogP contribution in [0.15, 0.2) is 30.3 Å². The van der Waals surface area contributed by atoms with Crippen molar-refractivity contribution in [2.45, 2.75) is 26.0 Å². The fraction of sp³-hybridized carbons (Fsp3) is 0.538. The highest BCUT2D eigenvalue weighted by molar-refractivity contribution is 5.20. The summed E-state index contributed by atoms with van der Waals surface area (Å²) in [5, 5.41) is 10.2. The first-order chi connectivity index (χ1) is 7.04. The minimum Gasteiger partial charge on any atom is -0.391 e. The van der Waals surface area contributed by atoms with Gasteiger partial charge in [0, 0.05) is 0 Å². The van der Waals surface area contributed by atoms with Crippen LogP contribution in [0.2, 0.25) is 0 Å². The number of benzene rings is 1. The molecule has 0 saturated carbocycles. The van der Waals surface area contributed by atoms with Gasteiger partial charge in [-0.1, -0.05) is 44.2 Å². The van der Waals surface area contributed by atoms with Crippen LogP contribution in [0.5, 0.6) is 0 Å². The van der Waals surface area contributed by atoms with E-state index in [0.29, 0.717) is 0 Å². The smallest absolute Gasteiger partial charge is 0.0759 e. The van der Waals surface area contributed by atoms with E-state index in [4.69, 9.17) is 0 Å². The van der Waals surface area contributed by atoms with Crippen molar-refractivity contribution in [3.05, 3.63) is 35.9 Å². The predicted octanol–water partition coefficient (Wildman–Crippen LogP) is 2.31. The lowest BCUT2D eigenvalue weighted by Gasteiger charge is -2.31. The van der Waals surface area contributed by atoms with Gasteiger partial charge in [-0.25, -0.2) is 0 Å². The predicted molar refractivity (Wildman–Crippen MR) is 63.7 cm³/mol. The van der Waals surface area contributed by atoms with E-state index in [2.05, 4.69) is 17.0 Å². The van der Waals surface area contributed by atoms with Gasteiger partial charge in [-0.2, -0.15) is 0 Å². The first kappa shape index (κ1) is 12.2. The Morgan fingerprint density at radius 1 is 1.07 bits per heavy atom. The zero-order valence-corrected chi connectivity index (χ0v) is 10.0. The topological polar surface area (TPSA) is 23.5 Å². The molecule has 2 atom stereocenters. The summed E-state index contributed by atoms with van der Waals surface area (Å²) in [5.41, 5.74) is 1.17. The molecule has 1 aromatic carbocycles. The van der Waals surface area contributed by atoms with E-state index in [0.717, 1.165) is 0 Å². The Morgan fingerprint density at radius 3 is 2.00 bits per heavy atom. The van der Waals surface area contributed by atoms with E-state index in [1.807, 2.05) is 46.1 Å². The number of hydrogen-bond donors (Lipinski definition) is 1. The van der Waals surface area contributed by atoms with Gasteiger partial charge in [0.1, 0.15) is 0 Å². The van der Waals surface area contributed by atoms with E-state index in [-0.39, 0.29) is 18.1 Å². The number of likely N-dealkylation sites (N-methyl/N-ethyl adjacent to an activating group) is 1. The summed E-state index contributed by atoms with van der Waals surface area (Å²) in [4.78, 5) is 2.07. The molecule has 0 saturated heterocycles. The summed E-state index contributed by atoms with van der Waals surface area (Å²) in [7, 11) is 4.01. The van der Waals surface area contributed by atoms with Crippen LogP contribution in [0, 0.1) is 5.92 Å². The van der Waals surface area contributed by atoms with Gasteiger partial charge in [0.2, 0.25) is 0 Å². The molecule has 0 bridgehead atoms. The summed E-state index contributed by atoms with van der Waals surface area (Å²) >= 11 is 0. The number of aliphatic hydroxyl groups is 1. The lowest BCUT2D eigenvalue weighted by molar-refractivity contribution is 0.0401. The molecule has 0 radical (unpaired) electrons. The van der Waals surface area contributed by atoms with E-state index < -0.39 is 0 Å². The zero-order valence-electron chi connectivity index (χ0n) is 10.0. The summed E-state index contributed by atoms with van der Waals surface area (Å²) in [6.07, 6.45) is -0.331. The molecule has 0 aromatic heterocycles. The molecule has 1 rings (SSSR count). The third-order valence-electron chi connectivity index (χ3n) is 2.70. The van der Waals surface area contributed by atoms with Crippen molar-refractivity contribution in [3.8, 4) is 0 Å². The van der Waals surface area contributed by atoms with Crippen molar-refractivity contribution in [3.63, 3.8) is 0 Å². The van der Waals surface area contributed by atoms with E-state index in [9.17, 15) is 5.11 Å². The molecule has 0 aliphatic heterocycles. The van der Waals surface area contributed by atoms with Crippen LogP contribution in [0.1, 0.15) is 25.5 Å². The van der Waals surface area contributed by atoms with Gasteiger partial charge in [-0.3, -0.25) is 0 Å². The lowest BCUT2D eigenvalue weighted by Crippen LogP contribution is -2.34. The van der Waals surface area contributed by atoms with Crippen molar-refractivity contribution in [1.29, 1.82) is 0 Å². The standard InChI is InChI=1S/C13H21NO/c1-10(2)13(15)12(14(3)4)11-8-6-5-7-9-11/h5-10,12-13,15H,1-4H3/t12-,13?/m1/s1. The highest BCUT2D eigenvalue weighted by Crippen LogP contribution is 2.25. The minimum atomic E-state index is -0.331. The van der Waals surface area contributed by atoms with Gasteiger partial charge in [-0.05, 0) is 25.6 Å². The van der Waals surface area contributed by atoms with Crippen molar-refractivity contribution in [2.75, 3.05) is 14.1 Å². The first-order valence-electron chi connectivity index (χ1n) is 5.43. The molecule has 0 fully saturated rings. The molecule has 1 unspecified atom stereocenters. The maximum atomic E-state index is 10.2. The van der Waals surface area contributed by atoms with Crippen LogP contribution < -0.4 is 0 Å². The highest BCUT2D eigenvalue weighted by atomic mass is 16.3. The molecule has 0 aliphatic carbocycles. The van der Waals surface area contributed by atoms with Crippen molar-refractivity contribution in [2.24, 2.45) is 5.92 Å². The Morgan fingerprint density at radius 2 is 1.60 bits per heavy atom. The quantitative estimate of drug-likeness (QED) is 0.819. The van der Waals surface area contributed by atoms with Crippen LogP contribution in [0.25, 0.3) is 0 Å². The maximum Gasteiger partial charge on any atom is 0.0759 e. The van der Waals surface area contributed by atoms with Gasteiger partial charge >= 0.3 is 0 Å². The van der Waals surface area contributed by atoms with Crippen LogP contribution in [-0.2, 0) is 0 Å². The summed E-state index contributed by atoms with van der Waals surface area (Å²) in [6, 6.07) is 10.2. The molecular weight excluding hydrogens is 186 g/mol. The van der Waals surface area contributed by atoms with Crippen molar-refractivity contribution < 1.29 is 5.11 Å². The van der Waals surface area contributed by atoms with E-state index in [1.54, 1.807) is 0 Å². The fourth-order valence-electron chi connectivity index (χ4n) is 1.82. The number of hydrogen-bond acceptors (Lipinski definition) is 2. The molecule has 1 aromatic rings. The maximum absolute atomic E-state index is 10.2. The van der Waals surface area contributed by atoms with Gasteiger partial charge in [0.15, 0.2) is 0 Å². The highest BCUT2D eigenvalue weighted by Gasteiger charge is 2.25. The molecule has 0 aliphatic rings. The van der Waals surface area contributed by atoms with Crippen LogP contribution in [-0.4, -0.2) is 30.2 Å². The Bertz CT molecular complexity index is 282. The second-order valence-corrected chi connectivity index (χ2v) is 4.55. The van der Waals surface area contributed by atoms with Gasteiger partial charge in [0.05, 0.1) is 12.1 Å². The van der Waals surface area contributed by atoms with E-state index in [1.165, 1.54) is 5.56 Å². The Balaban J connectivity index is 2.93. The number of rotatable bonds is 4. The van der Waals surface area contributed by atoms with Gasteiger partial charge in [0.25, 0.3) is 0 Å². The molecule has 0 spiro atoms. The average Bonchev–Trinajstić information content (AvgIpc) is 2.18. The number of aliphatic hydroxyl groups excluding tert-OH is 1. The van der Waals surface area contributed by atoms with Gasteiger partial charge in [-0.15, -0.1) is 0 Å². The Labute approximate surface area is 92.5 Å². The zero-order chi connectivity index (χ0) is 11.4. The molecule has 15 heavy (non-hydrogen) atoms. The Hall–Kier alpha value is -0.860. The van der Waals surface area contributed by atoms with Crippen LogP contribution in [0.4, 0.5) is 0 Å². The molecule has 2 nitrogen and oxygen atoms in total. The second kappa shape index (κ2) is 5.29. The Kier molecular flexibility index (Phi) is 4.30. The largest absolute Gasteiger partial charge is 0.391 e. The molecule has 0 heterocycles. The number of nitrogens with zero attached hydrogens (tertiary/aromatic N) is 1. The summed E-state index contributed by atoms with van der Waals surface area (Å²) < 4.78 is 0. The SMILES string of the molecule is CC(C)C(O)[C@@H](c1ccccc1)N(C)C. The summed E-state index contributed by atoms with van der Waals surface area (Å²) in [5.74, 6) is 0.262. The average molecular weight is 207 g/mol. The molecular formula is C13H21NO. The second-order valence-electron chi connectivity index (χ2n) is 4.55. The van der Waals surface area contributed by atoms with Crippen LogP contribution >= 0.6 is 0 Å².